The summed E-state index contributed by atoms with van der Waals surface area (Å²) in [4.78, 5) is 6.69. The molecule has 0 spiro atoms. The van der Waals surface area contributed by atoms with Gasteiger partial charge >= 0.3 is 0 Å². The largest absolute Gasteiger partial charge is 0.357 e. The third kappa shape index (κ3) is 4.85. The maximum Gasteiger partial charge on any atom is 0.194 e. The van der Waals surface area contributed by atoms with E-state index >= 15 is 0 Å². The van der Waals surface area contributed by atoms with E-state index < -0.39 is 0 Å². The van der Waals surface area contributed by atoms with Gasteiger partial charge < -0.3 is 14.8 Å². The number of hydrogen-bond donors (Lipinski definition) is 1. The Morgan fingerprint density at radius 1 is 1.29 bits per heavy atom. The van der Waals surface area contributed by atoms with Gasteiger partial charge in [-0.25, -0.2) is 4.99 Å². The van der Waals surface area contributed by atoms with Gasteiger partial charge in [0.15, 0.2) is 11.8 Å². The van der Waals surface area contributed by atoms with E-state index in [9.17, 15) is 0 Å². The summed E-state index contributed by atoms with van der Waals surface area (Å²) >= 11 is 12.1. The average Bonchev–Trinajstić information content (AvgIpc) is 3.02. The molecule has 24 heavy (non-hydrogen) atoms. The normalized spacial score (nSPS) is 11.6. The summed E-state index contributed by atoms with van der Waals surface area (Å²) in [5.74, 6) is 1.64. The molecule has 2 rings (SSSR count). The van der Waals surface area contributed by atoms with Gasteiger partial charge in [0.25, 0.3) is 0 Å². The summed E-state index contributed by atoms with van der Waals surface area (Å²) in [6, 6.07) is 5.64. The van der Waals surface area contributed by atoms with Crippen LogP contribution in [0.3, 0.4) is 0 Å². The number of guanidine groups is 1. The first-order chi connectivity index (χ1) is 11.5. The van der Waals surface area contributed by atoms with Crippen LogP contribution in [0.1, 0.15) is 25.2 Å². The van der Waals surface area contributed by atoms with Crippen molar-refractivity contribution in [2.45, 2.75) is 33.5 Å². The Balaban J connectivity index is 2.10. The highest BCUT2D eigenvalue weighted by molar-refractivity contribution is 6.42. The smallest absolute Gasteiger partial charge is 0.194 e. The second kappa shape index (κ2) is 8.89. The highest BCUT2D eigenvalue weighted by Gasteiger charge is 2.09. The first kappa shape index (κ1) is 18.5. The fourth-order valence-electron chi connectivity index (χ4n) is 2.27. The molecule has 6 nitrogen and oxygen atoms in total. The van der Waals surface area contributed by atoms with Gasteiger partial charge in [0.2, 0.25) is 0 Å². The predicted octanol–water partition coefficient (Wildman–Crippen LogP) is 3.20. The molecule has 0 radical (unpaired) electrons. The van der Waals surface area contributed by atoms with Crippen LogP contribution >= 0.6 is 23.2 Å². The molecule has 0 bridgehead atoms. The summed E-state index contributed by atoms with van der Waals surface area (Å²) in [5, 5.41) is 12.4. The van der Waals surface area contributed by atoms with Crippen molar-refractivity contribution in [3.8, 4) is 0 Å². The second-order valence-corrected chi connectivity index (χ2v) is 6.12. The lowest BCUT2D eigenvalue weighted by Gasteiger charge is -2.22. The monoisotopic (exact) mass is 368 g/mol. The Hall–Kier alpha value is -1.79. The second-order valence-electron chi connectivity index (χ2n) is 5.31. The summed E-state index contributed by atoms with van der Waals surface area (Å²) < 4.78 is 1.98. The highest BCUT2D eigenvalue weighted by atomic mass is 35.5. The SMILES string of the molecule is CCNC(=NCc1nncn1CC)N(C)Cc1ccc(Cl)c(Cl)c1. The first-order valence-corrected chi connectivity index (χ1v) is 8.60. The van der Waals surface area contributed by atoms with Crippen LogP contribution in [-0.4, -0.2) is 39.2 Å². The molecule has 0 aliphatic carbocycles. The molecule has 1 aromatic carbocycles. The van der Waals surface area contributed by atoms with Crippen LogP contribution in [0, 0.1) is 0 Å². The van der Waals surface area contributed by atoms with E-state index in [1.807, 2.05) is 35.6 Å². The zero-order valence-electron chi connectivity index (χ0n) is 14.1. The fraction of sp³-hybridized carbons (Fsp3) is 0.438. The molecular weight excluding hydrogens is 347 g/mol. The molecule has 2 aromatic rings. The van der Waals surface area contributed by atoms with E-state index in [0.717, 1.165) is 30.4 Å². The van der Waals surface area contributed by atoms with Gasteiger partial charge in [0, 0.05) is 26.7 Å². The van der Waals surface area contributed by atoms with Crippen molar-refractivity contribution in [1.82, 2.24) is 25.0 Å². The van der Waals surface area contributed by atoms with Gasteiger partial charge in [0.05, 0.1) is 10.0 Å². The van der Waals surface area contributed by atoms with E-state index in [2.05, 4.69) is 27.4 Å². The van der Waals surface area contributed by atoms with Crippen molar-refractivity contribution in [2.24, 2.45) is 4.99 Å². The number of rotatable bonds is 6. The zero-order chi connectivity index (χ0) is 17.5. The van der Waals surface area contributed by atoms with Crippen LogP contribution < -0.4 is 5.32 Å². The highest BCUT2D eigenvalue weighted by Crippen LogP contribution is 2.23. The third-order valence-corrected chi connectivity index (χ3v) is 4.25. The van der Waals surface area contributed by atoms with Gasteiger partial charge in [-0.1, -0.05) is 29.3 Å². The topological polar surface area (TPSA) is 58.3 Å². The third-order valence-electron chi connectivity index (χ3n) is 3.51. The van der Waals surface area contributed by atoms with Gasteiger partial charge in [-0.05, 0) is 31.5 Å². The molecule has 130 valence electrons. The Morgan fingerprint density at radius 2 is 2.08 bits per heavy atom. The number of aryl methyl sites for hydroxylation is 1. The zero-order valence-corrected chi connectivity index (χ0v) is 15.6. The van der Waals surface area contributed by atoms with E-state index in [-0.39, 0.29) is 0 Å². The summed E-state index contributed by atoms with van der Waals surface area (Å²) in [6.07, 6.45) is 1.72. The van der Waals surface area contributed by atoms with Gasteiger partial charge in [0.1, 0.15) is 12.9 Å². The number of benzene rings is 1. The van der Waals surface area contributed by atoms with Crippen molar-refractivity contribution in [3.05, 3.63) is 46.0 Å². The molecule has 1 aromatic heterocycles. The lowest BCUT2D eigenvalue weighted by atomic mass is 10.2. The maximum absolute atomic E-state index is 6.09. The quantitative estimate of drug-likeness (QED) is 0.628. The maximum atomic E-state index is 6.09. The Labute approximate surface area is 152 Å². The number of hydrogen-bond acceptors (Lipinski definition) is 3. The van der Waals surface area contributed by atoms with E-state index in [1.165, 1.54) is 0 Å². The first-order valence-electron chi connectivity index (χ1n) is 7.85. The number of aliphatic imine (C=N–C) groups is 1. The number of nitrogens with zero attached hydrogens (tertiary/aromatic N) is 5. The van der Waals surface area contributed by atoms with Gasteiger partial charge in [-0.2, -0.15) is 0 Å². The molecule has 1 N–H and O–H groups in total. The number of aromatic nitrogens is 3. The standard InChI is InChI=1S/C16H22Cl2N6/c1-4-19-16(20-9-15-22-21-11-24(15)5-2)23(3)10-12-6-7-13(17)14(18)8-12/h6-8,11H,4-5,9-10H2,1-3H3,(H,19,20). The molecule has 0 saturated heterocycles. The predicted molar refractivity (Wildman–Crippen MR) is 98.4 cm³/mol. The molecule has 1 heterocycles. The van der Waals surface area contributed by atoms with E-state index in [4.69, 9.17) is 23.2 Å². The van der Waals surface area contributed by atoms with Crippen LogP contribution in [0.4, 0.5) is 0 Å². The van der Waals surface area contributed by atoms with E-state index in [0.29, 0.717) is 23.1 Å². The van der Waals surface area contributed by atoms with Crippen molar-refractivity contribution in [2.75, 3.05) is 13.6 Å². The molecule has 0 amide bonds. The number of nitrogens with one attached hydrogen (secondary N) is 1. The molecule has 0 unspecified atom stereocenters. The van der Waals surface area contributed by atoms with Crippen molar-refractivity contribution in [1.29, 1.82) is 0 Å². The number of halogens is 2. The minimum atomic E-state index is 0.474. The van der Waals surface area contributed by atoms with Crippen molar-refractivity contribution < 1.29 is 0 Å². The van der Waals surface area contributed by atoms with Crippen molar-refractivity contribution in [3.63, 3.8) is 0 Å². The minimum Gasteiger partial charge on any atom is -0.357 e. The summed E-state index contributed by atoms with van der Waals surface area (Å²) in [6.45, 7) is 6.85. The lowest BCUT2D eigenvalue weighted by molar-refractivity contribution is 0.476. The molecule has 0 fully saturated rings. The molecule has 8 heteroatoms. The molecule has 0 saturated carbocycles. The lowest BCUT2D eigenvalue weighted by Crippen LogP contribution is -2.38. The molecular formula is C16H22Cl2N6. The van der Waals surface area contributed by atoms with Crippen LogP contribution in [0.15, 0.2) is 29.5 Å². The van der Waals surface area contributed by atoms with Crippen LogP contribution in [0.25, 0.3) is 0 Å². The van der Waals surface area contributed by atoms with Gasteiger partial charge in [-0.15, -0.1) is 10.2 Å². The van der Waals surface area contributed by atoms with Crippen LogP contribution in [0.2, 0.25) is 10.0 Å². The molecule has 0 atom stereocenters. The van der Waals surface area contributed by atoms with E-state index in [1.54, 1.807) is 12.4 Å². The van der Waals surface area contributed by atoms with Gasteiger partial charge in [-0.3, -0.25) is 0 Å². The molecule has 0 aliphatic rings. The Bertz CT molecular complexity index is 698. The van der Waals surface area contributed by atoms with Crippen LogP contribution in [0.5, 0.6) is 0 Å². The van der Waals surface area contributed by atoms with Crippen LogP contribution in [-0.2, 0) is 19.6 Å². The minimum absolute atomic E-state index is 0.474. The average molecular weight is 369 g/mol. The molecule has 0 aliphatic heterocycles. The van der Waals surface area contributed by atoms with Crippen molar-refractivity contribution >= 4 is 29.2 Å². The Morgan fingerprint density at radius 3 is 2.75 bits per heavy atom. The Kier molecular flexibility index (Phi) is 6.87. The summed E-state index contributed by atoms with van der Waals surface area (Å²) in [7, 11) is 1.98. The summed E-state index contributed by atoms with van der Waals surface area (Å²) in [5.41, 5.74) is 1.06. The fourth-order valence-corrected chi connectivity index (χ4v) is 2.59.